The van der Waals surface area contributed by atoms with Gasteiger partial charge in [0.05, 0.1) is 12.2 Å². The van der Waals surface area contributed by atoms with Crippen LogP contribution in [0.15, 0.2) is 24.3 Å². The highest BCUT2D eigenvalue weighted by atomic mass is 16.5. The van der Waals surface area contributed by atoms with Crippen molar-refractivity contribution in [2.24, 2.45) is 5.73 Å². The van der Waals surface area contributed by atoms with E-state index in [9.17, 15) is 0 Å². The van der Waals surface area contributed by atoms with Crippen molar-refractivity contribution >= 4 is 11.5 Å². The van der Waals surface area contributed by atoms with Crippen LogP contribution in [-0.4, -0.2) is 31.1 Å². The first-order valence-electron chi connectivity index (χ1n) is 5.82. The number of amidine groups is 1. The molecule has 0 aliphatic carbocycles. The summed E-state index contributed by atoms with van der Waals surface area (Å²) in [5, 5.41) is 7.61. The van der Waals surface area contributed by atoms with Crippen LogP contribution in [0.2, 0.25) is 0 Å². The summed E-state index contributed by atoms with van der Waals surface area (Å²) in [6.07, 6.45) is 0. The van der Waals surface area contributed by atoms with Crippen LogP contribution in [-0.2, 0) is 4.74 Å². The first-order valence-corrected chi connectivity index (χ1v) is 5.82. The molecule has 0 bridgehead atoms. The minimum absolute atomic E-state index is 0.116. The van der Waals surface area contributed by atoms with Crippen LogP contribution < -0.4 is 10.6 Å². The molecule has 0 radical (unpaired) electrons. The van der Waals surface area contributed by atoms with Crippen LogP contribution >= 0.6 is 0 Å². The zero-order valence-electron chi connectivity index (χ0n) is 10.4. The van der Waals surface area contributed by atoms with Crippen molar-refractivity contribution in [1.29, 1.82) is 5.41 Å². The number of hydrogen-bond donors (Lipinski definition) is 2. The lowest BCUT2D eigenvalue weighted by molar-refractivity contribution is -0.0277. The molecule has 2 rings (SSSR count). The predicted octanol–water partition coefficient (Wildman–Crippen LogP) is 1.59. The molecule has 1 saturated heterocycles. The number of nitrogens with two attached hydrogens (primary N) is 1. The first kappa shape index (κ1) is 11.9. The van der Waals surface area contributed by atoms with E-state index in [0.29, 0.717) is 6.61 Å². The number of nitrogens with zero attached hydrogens (tertiary/aromatic N) is 1. The SMILES string of the molecule is CC1(C)CN(c2ccccc2C(=N)N)CCO1. The van der Waals surface area contributed by atoms with Gasteiger partial charge in [0.25, 0.3) is 0 Å². The van der Waals surface area contributed by atoms with Gasteiger partial charge in [-0.2, -0.15) is 0 Å². The van der Waals surface area contributed by atoms with Gasteiger partial charge in [-0.1, -0.05) is 12.1 Å². The molecule has 0 saturated carbocycles. The van der Waals surface area contributed by atoms with Crippen LogP contribution in [0.1, 0.15) is 19.4 Å². The van der Waals surface area contributed by atoms with E-state index in [-0.39, 0.29) is 11.4 Å². The second-order valence-electron chi connectivity index (χ2n) is 4.96. The maximum Gasteiger partial charge on any atom is 0.124 e. The molecule has 0 unspecified atom stereocenters. The maximum absolute atomic E-state index is 7.61. The van der Waals surface area contributed by atoms with Gasteiger partial charge < -0.3 is 15.4 Å². The fourth-order valence-electron chi connectivity index (χ4n) is 2.20. The Bertz CT molecular complexity index is 428. The van der Waals surface area contributed by atoms with Gasteiger partial charge in [0.15, 0.2) is 0 Å². The minimum atomic E-state index is -0.151. The molecule has 0 atom stereocenters. The van der Waals surface area contributed by atoms with Crippen LogP contribution in [0, 0.1) is 5.41 Å². The van der Waals surface area contributed by atoms with Gasteiger partial charge in [-0.15, -0.1) is 0 Å². The van der Waals surface area contributed by atoms with Gasteiger partial charge in [-0.3, -0.25) is 5.41 Å². The van der Waals surface area contributed by atoms with Crippen LogP contribution in [0.4, 0.5) is 5.69 Å². The van der Waals surface area contributed by atoms with Crippen molar-refractivity contribution in [2.45, 2.75) is 19.4 Å². The molecule has 1 aromatic carbocycles. The molecule has 1 aliphatic rings. The van der Waals surface area contributed by atoms with Crippen molar-refractivity contribution in [1.82, 2.24) is 0 Å². The third-order valence-electron chi connectivity index (χ3n) is 2.96. The molecule has 92 valence electrons. The Morgan fingerprint density at radius 1 is 1.41 bits per heavy atom. The molecule has 1 aromatic rings. The van der Waals surface area contributed by atoms with Crippen molar-refractivity contribution in [3.05, 3.63) is 29.8 Å². The molecule has 3 N–H and O–H groups in total. The molecule has 0 aromatic heterocycles. The topological polar surface area (TPSA) is 62.3 Å². The third-order valence-corrected chi connectivity index (χ3v) is 2.96. The number of hydrogen-bond acceptors (Lipinski definition) is 3. The minimum Gasteiger partial charge on any atom is -0.384 e. The lowest BCUT2D eigenvalue weighted by Crippen LogP contribution is -2.48. The summed E-state index contributed by atoms with van der Waals surface area (Å²) in [5.41, 5.74) is 7.28. The van der Waals surface area contributed by atoms with E-state index in [0.717, 1.165) is 24.3 Å². The van der Waals surface area contributed by atoms with E-state index in [1.165, 1.54) is 0 Å². The molecule has 4 heteroatoms. The molecule has 0 spiro atoms. The Balaban J connectivity index is 2.30. The van der Waals surface area contributed by atoms with E-state index < -0.39 is 0 Å². The Morgan fingerprint density at radius 3 is 2.76 bits per heavy atom. The van der Waals surface area contributed by atoms with Crippen molar-refractivity contribution < 1.29 is 4.74 Å². The molecule has 1 fully saturated rings. The molecule has 4 nitrogen and oxygen atoms in total. The molecule has 17 heavy (non-hydrogen) atoms. The smallest absolute Gasteiger partial charge is 0.124 e. The quantitative estimate of drug-likeness (QED) is 0.602. The number of nitrogens with one attached hydrogen (secondary N) is 1. The second kappa shape index (κ2) is 4.37. The number of nitrogen functional groups attached to an aromatic ring is 1. The highest BCUT2D eigenvalue weighted by Crippen LogP contribution is 2.25. The van der Waals surface area contributed by atoms with Crippen LogP contribution in [0.5, 0.6) is 0 Å². The zero-order valence-corrected chi connectivity index (χ0v) is 10.4. The van der Waals surface area contributed by atoms with Crippen molar-refractivity contribution in [3.8, 4) is 0 Å². The fourth-order valence-corrected chi connectivity index (χ4v) is 2.20. The van der Waals surface area contributed by atoms with Crippen LogP contribution in [0.3, 0.4) is 0 Å². The number of para-hydroxylation sites is 1. The summed E-state index contributed by atoms with van der Waals surface area (Å²) < 4.78 is 5.69. The number of rotatable bonds is 2. The number of ether oxygens (including phenoxy) is 1. The lowest BCUT2D eigenvalue weighted by Gasteiger charge is -2.40. The highest BCUT2D eigenvalue weighted by Gasteiger charge is 2.28. The van der Waals surface area contributed by atoms with Gasteiger partial charge in [0.1, 0.15) is 5.84 Å². The Morgan fingerprint density at radius 2 is 2.12 bits per heavy atom. The van der Waals surface area contributed by atoms with E-state index in [1.54, 1.807) is 0 Å². The standard InChI is InChI=1S/C13H19N3O/c1-13(2)9-16(7-8-17-13)11-6-4-3-5-10(11)12(14)15/h3-6H,7-9H2,1-2H3,(H3,14,15). The zero-order chi connectivity index (χ0) is 12.5. The van der Waals surface area contributed by atoms with Gasteiger partial charge >= 0.3 is 0 Å². The summed E-state index contributed by atoms with van der Waals surface area (Å²) in [6, 6.07) is 7.79. The number of anilines is 1. The fraction of sp³-hybridized carbons (Fsp3) is 0.462. The molecular formula is C13H19N3O. The van der Waals surface area contributed by atoms with E-state index in [4.69, 9.17) is 15.9 Å². The summed E-state index contributed by atoms with van der Waals surface area (Å²) in [4.78, 5) is 2.24. The number of benzene rings is 1. The molecule has 0 amide bonds. The van der Waals surface area contributed by atoms with Gasteiger partial charge in [0, 0.05) is 24.3 Å². The Hall–Kier alpha value is -1.55. The van der Waals surface area contributed by atoms with E-state index in [1.807, 2.05) is 24.3 Å². The van der Waals surface area contributed by atoms with Crippen molar-refractivity contribution in [2.75, 3.05) is 24.6 Å². The molecular weight excluding hydrogens is 214 g/mol. The highest BCUT2D eigenvalue weighted by molar-refractivity contribution is 6.00. The first-order chi connectivity index (χ1) is 7.99. The lowest BCUT2D eigenvalue weighted by atomic mass is 10.0. The summed E-state index contributed by atoms with van der Waals surface area (Å²) in [6.45, 7) is 6.52. The predicted molar refractivity (Wildman–Crippen MR) is 69.7 cm³/mol. The number of morpholine rings is 1. The van der Waals surface area contributed by atoms with Crippen LogP contribution in [0.25, 0.3) is 0 Å². The van der Waals surface area contributed by atoms with Gasteiger partial charge in [0.2, 0.25) is 0 Å². The molecule has 1 aliphatic heterocycles. The Labute approximate surface area is 102 Å². The monoisotopic (exact) mass is 233 g/mol. The normalized spacial score (nSPS) is 19.1. The van der Waals surface area contributed by atoms with Gasteiger partial charge in [-0.25, -0.2) is 0 Å². The maximum atomic E-state index is 7.61. The molecule has 1 heterocycles. The Kier molecular flexibility index (Phi) is 3.07. The third kappa shape index (κ3) is 2.58. The van der Waals surface area contributed by atoms with E-state index in [2.05, 4.69) is 18.7 Å². The van der Waals surface area contributed by atoms with Crippen molar-refractivity contribution in [3.63, 3.8) is 0 Å². The summed E-state index contributed by atoms with van der Waals surface area (Å²) >= 11 is 0. The summed E-state index contributed by atoms with van der Waals surface area (Å²) in [7, 11) is 0. The van der Waals surface area contributed by atoms with E-state index >= 15 is 0 Å². The summed E-state index contributed by atoms with van der Waals surface area (Å²) in [5.74, 6) is 0.116. The second-order valence-corrected chi connectivity index (χ2v) is 4.96. The average Bonchev–Trinajstić information content (AvgIpc) is 2.27. The largest absolute Gasteiger partial charge is 0.384 e. The average molecular weight is 233 g/mol. The van der Waals surface area contributed by atoms with Gasteiger partial charge in [-0.05, 0) is 26.0 Å².